The minimum absolute atomic E-state index is 0.00170. The molecular weight excluding hydrogens is 586 g/mol. The molecule has 0 bridgehead atoms. The molecule has 3 atom stereocenters. The lowest BCUT2D eigenvalue weighted by molar-refractivity contribution is -0.132. The number of carbonyl (C=O) groups excluding carboxylic acids is 4. The molecule has 3 amide bonds. The second-order valence-corrected chi connectivity index (χ2v) is 14.2. The maximum absolute atomic E-state index is 14.2. The summed E-state index contributed by atoms with van der Waals surface area (Å²) in [7, 11) is -2.68. The lowest BCUT2D eigenvalue weighted by Gasteiger charge is -2.35. The van der Waals surface area contributed by atoms with Crippen molar-refractivity contribution in [2.24, 2.45) is 5.73 Å². The summed E-state index contributed by atoms with van der Waals surface area (Å²) < 4.78 is 34.7. The predicted molar refractivity (Wildman–Crippen MR) is 166 cm³/mol. The molecule has 2 aromatic carbocycles. The number of amides is 3. The highest BCUT2D eigenvalue weighted by Crippen LogP contribution is 2.55. The van der Waals surface area contributed by atoms with Gasteiger partial charge in [0.25, 0.3) is 5.91 Å². The summed E-state index contributed by atoms with van der Waals surface area (Å²) in [5, 5.41) is 5.11. The molecule has 0 spiro atoms. The van der Waals surface area contributed by atoms with E-state index in [4.69, 9.17) is 15.2 Å². The van der Waals surface area contributed by atoms with Crippen LogP contribution in [0.5, 0.6) is 0 Å². The molecular formula is C32H42N3O8S. The Morgan fingerprint density at radius 2 is 1.64 bits per heavy atom. The van der Waals surface area contributed by atoms with Crippen molar-refractivity contribution in [2.75, 3.05) is 20.0 Å². The van der Waals surface area contributed by atoms with E-state index in [0.29, 0.717) is 17.5 Å². The van der Waals surface area contributed by atoms with Gasteiger partial charge in [-0.25, -0.2) is 8.42 Å². The highest BCUT2D eigenvalue weighted by atomic mass is 32.2. The Kier molecular flexibility index (Phi) is 10.8. The van der Waals surface area contributed by atoms with Crippen LogP contribution >= 0.6 is 0 Å². The molecule has 44 heavy (non-hydrogen) atoms. The fraction of sp³-hybridized carbons (Fsp3) is 0.469. The number of unbranched alkanes of at least 4 members (excludes halogenated alkanes) is 2. The van der Waals surface area contributed by atoms with Crippen LogP contribution in [0.15, 0.2) is 54.6 Å². The van der Waals surface area contributed by atoms with E-state index in [2.05, 4.69) is 10.6 Å². The third kappa shape index (κ3) is 6.87. The van der Waals surface area contributed by atoms with Crippen molar-refractivity contribution < 1.29 is 37.1 Å². The molecule has 1 saturated heterocycles. The molecule has 1 fully saturated rings. The largest absolute Gasteiger partial charge is 0.375 e. The molecule has 0 saturated carbocycles. The van der Waals surface area contributed by atoms with Crippen LogP contribution in [0.3, 0.4) is 0 Å². The van der Waals surface area contributed by atoms with E-state index in [0.717, 1.165) is 24.7 Å². The number of methoxy groups -OCH3 is 1. The predicted octanol–water partition coefficient (Wildman–Crippen LogP) is 2.47. The zero-order valence-corrected chi connectivity index (χ0v) is 26.9. The number of Topliss-reactive ketones (excluding diaryl/α,β-unsaturated/α-hetero) is 1. The molecule has 239 valence electrons. The van der Waals surface area contributed by atoms with Gasteiger partial charge < -0.3 is 25.8 Å². The van der Waals surface area contributed by atoms with Gasteiger partial charge in [-0.1, -0.05) is 74.4 Å². The van der Waals surface area contributed by atoms with Crippen LogP contribution in [0.4, 0.5) is 0 Å². The first-order valence-corrected chi connectivity index (χ1v) is 16.3. The SMILES string of the molecule is CCCCCC(=O)[C](c1ccccc1-c1ccccc1)[C@]1(NC(=O)[C@@H](NC(=O)COC)C(C)(C)S(C)(=O)=O)O[C@]1(C)C(N)=O. The van der Waals surface area contributed by atoms with E-state index in [1.807, 2.05) is 43.3 Å². The van der Waals surface area contributed by atoms with E-state index >= 15 is 0 Å². The highest BCUT2D eigenvalue weighted by Gasteiger charge is 2.78. The van der Waals surface area contributed by atoms with E-state index < -0.39 is 56.3 Å². The second kappa shape index (κ2) is 13.6. The minimum atomic E-state index is -3.96. The number of benzene rings is 2. The van der Waals surface area contributed by atoms with E-state index in [1.165, 1.54) is 27.9 Å². The standard InChI is InChI=1S/C32H42N3O8S/c1-7-8-10-19-24(36)26(23-18-14-13-17-22(23)21-15-11-9-12-16-21)32(31(4,43-32)29(33)39)35-28(38)27(34-25(37)20-42-5)30(2,3)44(6,40)41/h9,11-18,27H,7-8,10,19-20H2,1-6H3,(H2,33,39)(H,34,37)(H,35,38)/t27-,31-,32+/m1/s1. The fourth-order valence-corrected chi connectivity index (χ4v) is 5.71. The van der Waals surface area contributed by atoms with Crippen molar-refractivity contribution in [1.82, 2.24) is 10.6 Å². The number of nitrogens with one attached hydrogen (secondary N) is 2. The first kappa shape index (κ1) is 34.9. The zero-order chi connectivity index (χ0) is 32.9. The third-order valence-electron chi connectivity index (χ3n) is 8.17. The number of rotatable bonds is 16. The minimum Gasteiger partial charge on any atom is -0.375 e. The summed E-state index contributed by atoms with van der Waals surface area (Å²) in [5.41, 5.74) is 3.68. The number of epoxide rings is 1. The summed E-state index contributed by atoms with van der Waals surface area (Å²) in [4.78, 5) is 53.8. The molecule has 3 rings (SSSR count). The maximum Gasteiger partial charge on any atom is 0.254 e. The van der Waals surface area contributed by atoms with Crippen molar-refractivity contribution in [2.45, 2.75) is 75.5 Å². The Hall–Kier alpha value is -3.61. The summed E-state index contributed by atoms with van der Waals surface area (Å²) in [6.45, 7) is 5.50. The molecule has 0 aromatic heterocycles. The second-order valence-electron chi connectivity index (χ2n) is 11.6. The lowest BCUT2D eigenvalue weighted by atomic mass is 9.77. The van der Waals surface area contributed by atoms with Crippen LogP contribution in [0.1, 0.15) is 58.9 Å². The number of ether oxygens (including phenoxy) is 2. The Morgan fingerprint density at radius 3 is 2.18 bits per heavy atom. The average Bonchev–Trinajstić information content (AvgIpc) is 3.56. The van der Waals surface area contributed by atoms with Gasteiger partial charge in [0.2, 0.25) is 11.8 Å². The topological polar surface area (TPSA) is 174 Å². The van der Waals surface area contributed by atoms with Crippen molar-refractivity contribution in [3.63, 3.8) is 0 Å². The van der Waals surface area contributed by atoms with Crippen LogP contribution in [0.2, 0.25) is 0 Å². The molecule has 0 aliphatic carbocycles. The Balaban J connectivity index is 2.23. The quantitative estimate of drug-likeness (QED) is 0.188. The Bertz CT molecular complexity index is 1490. The smallest absolute Gasteiger partial charge is 0.254 e. The van der Waals surface area contributed by atoms with Crippen molar-refractivity contribution in [3.8, 4) is 11.1 Å². The molecule has 4 N–H and O–H groups in total. The molecule has 12 heteroatoms. The molecule has 1 aliphatic rings. The number of ketones is 1. The average molecular weight is 629 g/mol. The number of carbonyl (C=O) groups is 4. The van der Waals surface area contributed by atoms with E-state index in [9.17, 15) is 27.6 Å². The molecule has 1 radical (unpaired) electrons. The Morgan fingerprint density at radius 1 is 1.02 bits per heavy atom. The first-order chi connectivity index (χ1) is 20.6. The summed E-state index contributed by atoms with van der Waals surface area (Å²) in [5.74, 6) is -3.07. The van der Waals surface area contributed by atoms with Crippen molar-refractivity contribution >= 4 is 33.3 Å². The normalized spacial score (nSPS) is 20.5. The number of nitrogens with two attached hydrogens (primary N) is 1. The van der Waals surface area contributed by atoms with Crippen LogP contribution in [0, 0.1) is 5.92 Å². The van der Waals surface area contributed by atoms with Gasteiger partial charge in [-0.3, -0.25) is 19.2 Å². The fourth-order valence-electron chi connectivity index (χ4n) is 5.12. The number of sulfone groups is 1. The van der Waals surface area contributed by atoms with Gasteiger partial charge in [0.1, 0.15) is 24.3 Å². The van der Waals surface area contributed by atoms with Gasteiger partial charge in [0, 0.05) is 19.8 Å². The van der Waals surface area contributed by atoms with Crippen LogP contribution in [-0.2, 0) is 38.5 Å². The molecule has 1 aliphatic heterocycles. The monoisotopic (exact) mass is 628 g/mol. The van der Waals surface area contributed by atoms with Crippen LogP contribution in [-0.4, -0.2) is 74.0 Å². The van der Waals surface area contributed by atoms with Gasteiger partial charge in [-0.15, -0.1) is 0 Å². The van der Waals surface area contributed by atoms with E-state index in [1.54, 1.807) is 18.2 Å². The molecule has 1 heterocycles. The Labute approximate surface area is 259 Å². The third-order valence-corrected chi connectivity index (χ3v) is 10.3. The van der Waals surface area contributed by atoms with Crippen molar-refractivity contribution in [1.29, 1.82) is 0 Å². The zero-order valence-electron chi connectivity index (χ0n) is 26.1. The number of hydrogen-bond donors (Lipinski definition) is 3. The molecule has 11 nitrogen and oxygen atoms in total. The van der Waals surface area contributed by atoms with Gasteiger partial charge in [0.05, 0.1) is 4.75 Å². The molecule has 0 unspecified atom stereocenters. The lowest BCUT2D eigenvalue weighted by Crippen LogP contribution is -2.64. The summed E-state index contributed by atoms with van der Waals surface area (Å²) in [6.07, 6.45) is 3.19. The number of primary amides is 1. The van der Waals surface area contributed by atoms with Gasteiger partial charge in [-0.05, 0) is 43.9 Å². The van der Waals surface area contributed by atoms with Crippen LogP contribution in [0.25, 0.3) is 11.1 Å². The van der Waals surface area contributed by atoms with Gasteiger partial charge in [-0.2, -0.15) is 0 Å². The highest BCUT2D eigenvalue weighted by molar-refractivity contribution is 7.92. The summed E-state index contributed by atoms with van der Waals surface area (Å²) in [6, 6.07) is 14.6. The van der Waals surface area contributed by atoms with Gasteiger partial charge in [0.15, 0.2) is 21.2 Å². The maximum atomic E-state index is 14.2. The summed E-state index contributed by atoms with van der Waals surface area (Å²) >= 11 is 0. The van der Waals surface area contributed by atoms with E-state index in [-0.39, 0.29) is 18.1 Å². The van der Waals surface area contributed by atoms with Crippen LogP contribution < -0.4 is 16.4 Å². The number of hydrogen-bond acceptors (Lipinski definition) is 8. The van der Waals surface area contributed by atoms with Gasteiger partial charge >= 0.3 is 0 Å². The van der Waals surface area contributed by atoms with Crippen molar-refractivity contribution in [3.05, 3.63) is 66.1 Å². The molecule has 2 aromatic rings. The first-order valence-electron chi connectivity index (χ1n) is 14.4.